The zero-order valence-corrected chi connectivity index (χ0v) is 17.8. The summed E-state index contributed by atoms with van der Waals surface area (Å²) in [6, 6.07) is 7.28. The van der Waals surface area contributed by atoms with Crippen molar-refractivity contribution in [3.8, 4) is 22.8 Å². The number of benzene rings is 1. The van der Waals surface area contributed by atoms with Crippen molar-refractivity contribution in [1.29, 1.82) is 0 Å². The van der Waals surface area contributed by atoms with Gasteiger partial charge in [-0.3, -0.25) is 9.48 Å². The van der Waals surface area contributed by atoms with E-state index in [0.717, 1.165) is 56.1 Å². The molecule has 1 spiro atoms. The molecule has 5 rings (SSSR count). The van der Waals surface area contributed by atoms with Crippen molar-refractivity contribution in [2.45, 2.75) is 13.3 Å². The van der Waals surface area contributed by atoms with Crippen LogP contribution in [0.15, 0.2) is 35.0 Å². The van der Waals surface area contributed by atoms with Gasteiger partial charge in [-0.25, -0.2) is 0 Å². The van der Waals surface area contributed by atoms with E-state index in [1.807, 2.05) is 23.9 Å². The number of aryl methyl sites for hydroxylation is 1. The zero-order valence-electron chi connectivity index (χ0n) is 17.8. The number of rotatable bonds is 7. The monoisotopic (exact) mass is 422 g/mol. The summed E-state index contributed by atoms with van der Waals surface area (Å²) in [5.74, 6) is 0.774. The number of nitrogens with one attached hydrogen (secondary N) is 1. The molecule has 3 aromatic rings. The smallest absolute Gasteiger partial charge is 0.261 e. The highest BCUT2D eigenvalue weighted by atomic mass is 16.5. The average molecular weight is 422 g/mol. The third-order valence-corrected chi connectivity index (χ3v) is 6.08. The summed E-state index contributed by atoms with van der Waals surface area (Å²) >= 11 is 0. The first-order valence-corrected chi connectivity index (χ1v) is 10.6. The van der Waals surface area contributed by atoms with E-state index in [0.29, 0.717) is 29.2 Å². The largest absolute Gasteiger partial charge is 0.380 e. The lowest BCUT2D eigenvalue weighted by Gasteiger charge is -2.55. The van der Waals surface area contributed by atoms with Crippen LogP contribution in [0.25, 0.3) is 22.8 Å². The van der Waals surface area contributed by atoms with E-state index in [1.54, 1.807) is 18.3 Å². The third-order valence-electron chi connectivity index (χ3n) is 6.08. The molecule has 0 unspecified atom stereocenters. The lowest BCUT2D eigenvalue weighted by Crippen LogP contribution is -2.66. The van der Waals surface area contributed by atoms with Crippen molar-refractivity contribution >= 4 is 5.91 Å². The van der Waals surface area contributed by atoms with Gasteiger partial charge in [-0.05, 0) is 18.6 Å². The van der Waals surface area contributed by atoms with E-state index in [-0.39, 0.29) is 5.91 Å². The van der Waals surface area contributed by atoms with Crippen LogP contribution in [0.5, 0.6) is 0 Å². The highest BCUT2D eigenvalue weighted by molar-refractivity contribution is 5.95. The van der Waals surface area contributed by atoms with Gasteiger partial charge in [0.2, 0.25) is 5.82 Å². The standard InChI is InChI=1S/C22H26N6O3/c1-3-18-17(10-24-27(18)2)21-25-19(26-31-21)15-5-4-6-16(9-15)20(29)23-7-8-28-11-22(12-28)13-30-14-22/h4-6,9-10H,3,7-8,11-14H2,1-2H3,(H,23,29). The van der Waals surface area contributed by atoms with Gasteiger partial charge in [0, 0.05) is 49.8 Å². The number of nitrogens with zero attached hydrogens (tertiary/aromatic N) is 5. The molecule has 2 aliphatic rings. The van der Waals surface area contributed by atoms with Crippen LogP contribution in [0.4, 0.5) is 0 Å². The van der Waals surface area contributed by atoms with Gasteiger partial charge in [-0.2, -0.15) is 10.1 Å². The Morgan fingerprint density at radius 1 is 1.29 bits per heavy atom. The molecule has 162 valence electrons. The summed E-state index contributed by atoms with van der Waals surface area (Å²) < 4.78 is 12.6. The van der Waals surface area contributed by atoms with E-state index in [4.69, 9.17) is 9.26 Å². The Bertz CT molecular complexity index is 1090. The third kappa shape index (κ3) is 3.75. The minimum absolute atomic E-state index is 0.103. The Kier molecular flexibility index (Phi) is 5.07. The lowest BCUT2D eigenvalue weighted by molar-refractivity contribution is -0.188. The molecule has 1 amide bonds. The SMILES string of the molecule is CCc1c(-c2nc(-c3cccc(C(=O)NCCN4CC5(COC5)C4)c3)no2)cnn1C. The van der Waals surface area contributed by atoms with Crippen molar-refractivity contribution in [1.82, 2.24) is 30.1 Å². The molecule has 0 atom stereocenters. The number of aromatic nitrogens is 4. The minimum atomic E-state index is -0.103. The first-order chi connectivity index (χ1) is 15.1. The van der Waals surface area contributed by atoms with Crippen LogP contribution < -0.4 is 5.32 Å². The molecule has 0 radical (unpaired) electrons. The summed E-state index contributed by atoms with van der Waals surface area (Å²) in [5.41, 5.74) is 3.57. The van der Waals surface area contributed by atoms with Crippen molar-refractivity contribution in [3.05, 3.63) is 41.7 Å². The van der Waals surface area contributed by atoms with Gasteiger partial charge in [0.25, 0.3) is 11.8 Å². The summed E-state index contributed by atoms with van der Waals surface area (Å²) in [6.45, 7) is 7.41. The number of amides is 1. The Hall–Kier alpha value is -3.04. The van der Waals surface area contributed by atoms with Crippen LogP contribution in [-0.2, 0) is 18.2 Å². The molecule has 2 aromatic heterocycles. The second kappa shape index (κ2) is 7.90. The molecule has 9 nitrogen and oxygen atoms in total. The predicted molar refractivity (Wildman–Crippen MR) is 113 cm³/mol. The van der Waals surface area contributed by atoms with Gasteiger partial charge < -0.3 is 19.5 Å². The van der Waals surface area contributed by atoms with Crippen molar-refractivity contribution in [3.63, 3.8) is 0 Å². The molecule has 1 aromatic carbocycles. The van der Waals surface area contributed by atoms with E-state index in [1.165, 1.54) is 0 Å². The fourth-order valence-corrected chi connectivity index (χ4v) is 4.37. The molecule has 2 fully saturated rings. The van der Waals surface area contributed by atoms with E-state index in [9.17, 15) is 4.79 Å². The molecule has 1 N–H and O–H groups in total. The van der Waals surface area contributed by atoms with Crippen molar-refractivity contribution < 1.29 is 14.1 Å². The Labute approximate surface area is 180 Å². The van der Waals surface area contributed by atoms with Gasteiger partial charge in [-0.15, -0.1) is 0 Å². The van der Waals surface area contributed by atoms with Crippen LogP contribution >= 0.6 is 0 Å². The first kappa shape index (κ1) is 19.9. The normalized spacial score (nSPS) is 17.4. The van der Waals surface area contributed by atoms with Gasteiger partial charge in [0.15, 0.2) is 0 Å². The quantitative estimate of drug-likeness (QED) is 0.619. The summed E-state index contributed by atoms with van der Waals surface area (Å²) in [7, 11) is 1.89. The van der Waals surface area contributed by atoms with Gasteiger partial charge >= 0.3 is 0 Å². The number of likely N-dealkylation sites (tertiary alicyclic amines) is 1. The molecule has 0 aliphatic carbocycles. The second-order valence-corrected chi connectivity index (χ2v) is 8.45. The van der Waals surface area contributed by atoms with Gasteiger partial charge in [-0.1, -0.05) is 24.2 Å². The maximum absolute atomic E-state index is 12.6. The van der Waals surface area contributed by atoms with Crippen LogP contribution in [0.2, 0.25) is 0 Å². The molecule has 31 heavy (non-hydrogen) atoms. The van der Waals surface area contributed by atoms with Crippen LogP contribution in [-0.4, -0.2) is 70.1 Å². The number of hydrogen-bond acceptors (Lipinski definition) is 7. The van der Waals surface area contributed by atoms with Crippen LogP contribution in [0.3, 0.4) is 0 Å². The molecule has 4 heterocycles. The summed E-state index contributed by atoms with van der Waals surface area (Å²) in [4.78, 5) is 19.5. The molecule has 2 aliphatic heterocycles. The number of carbonyl (C=O) groups excluding carboxylic acids is 1. The van der Waals surface area contributed by atoms with Gasteiger partial charge in [0.1, 0.15) is 0 Å². The summed E-state index contributed by atoms with van der Waals surface area (Å²) in [5, 5.41) is 11.4. The fourth-order valence-electron chi connectivity index (χ4n) is 4.37. The maximum Gasteiger partial charge on any atom is 0.261 e. The minimum Gasteiger partial charge on any atom is -0.380 e. The molecule has 0 bridgehead atoms. The number of carbonyl (C=O) groups is 1. The van der Waals surface area contributed by atoms with Crippen LogP contribution in [0.1, 0.15) is 23.0 Å². The highest BCUT2D eigenvalue weighted by Crippen LogP contribution is 2.37. The molecule has 9 heteroatoms. The number of hydrogen-bond donors (Lipinski definition) is 1. The molecular weight excluding hydrogens is 396 g/mol. The fraction of sp³-hybridized carbons (Fsp3) is 0.455. The predicted octanol–water partition coefficient (Wildman–Crippen LogP) is 1.76. The average Bonchev–Trinajstić information content (AvgIpc) is 3.34. The Balaban J connectivity index is 1.22. The van der Waals surface area contributed by atoms with Gasteiger partial charge in [0.05, 0.1) is 30.7 Å². The van der Waals surface area contributed by atoms with E-state index < -0.39 is 0 Å². The van der Waals surface area contributed by atoms with E-state index >= 15 is 0 Å². The zero-order chi connectivity index (χ0) is 21.4. The maximum atomic E-state index is 12.6. The second-order valence-electron chi connectivity index (χ2n) is 8.45. The van der Waals surface area contributed by atoms with Crippen molar-refractivity contribution in [2.24, 2.45) is 12.5 Å². The van der Waals surface area contributed by atoms with E-state index in [2.05, 4.69) is 32.4 Å². The molecule has 0 saturated carbocycles. The lowest BCUT2D eigenvalue weighted by atomic mass is 9.78. The number of ether oxygens (including phenoxy) is 1. The topological polar surface area (TPSA) is 98.3 Å². The first-order valence-electron chi connectivity index (χ1n) is 10.6. The van der Waals surface area contributed by atoms with Crippen molar-refractivity contribution in [2.75, 3.05) is 39.4 Å². The molecular formula is C22H26N6O3. The summed E-state index contributed by atoms with van der Waals surface area (Å²) in [6.07, 6.45) is 2.54. The van der Waals surface area contributed by atoms with Crippen LogP contribution in [0, 0.1) is 5.41 Å². The molecule has 2 saturated heterocycles. The highest BCUT2D eigenvalue weighted by Gasteiger charge is 2.48. The Morgan fingerprint density at radius 2 is 2.13 bits per heavy atom. The Morgan fingerprint density at radius 3 is 2.87 bits per heavy atom.